The van der Waals surface area contributed by atoms with Crippen LogP contribution in [0.3, 0.4) is 0 Å². The molecule has 0 aromatic heterocycles. The molecule has 1 saturated heterocycles. The first kappa shape index (κ1) is 14.3. The molecule has 1 fully saturated rings. The molecule has 1 aliphatic heterocycles. The summed E-state index contributed by atoms with van der Waals surface area (Å²) < 4.78 is 13.7. The zero-order valence-corrected chi connectivity index (χ0v) is 12.8. The van der Waals surface area contributed by atoms with Crippen molar-refractivity contribution in [1.82, 2.24) is 4.90 Å². The highest BCUT2D eigenvalue weighted by Gasteiger charge is 2.25. The Morgan fingerprint density at radius 1 is 1.61 bits per heavy atom. The molecule has 2 atom stereocenters. The van der Waals surface area contributed by atoms with Crippen LogP contribution in [0, 0.1) is 5.82 Å². The number of likely N-dealkylation sites (N-methyl/N-ethyl adjacent to an activating group) is 1. The van der Waals surface area contributed by atoms with Crippen molar-refractivity contribution in [3.63, 3.8) is 0 Å². The van der Waals surface area contributed by atoms with Gasteiger partial charge in [0.1, 0.15) is 5.82 Å². The lowest BCUT2D eigenvalue weighted by atomic mass is 10.00. The van der Waals surface area contributed by atoms with E-state index in [-0.39, 0.29) is 11.9 Å². The first-order valence-corrected chi connectivity index (χ1v) is 8.00. The van der Waals surface area contributed by atoms with Crippen LogP contribution in [0.4, 0.5) is 4.39 Å². The number of nitrogens with zero attached hydrogens (tertiary/aromatic N) is 1. The third kappa shape index (κ3) is 3.47. The quantitative estimate of drug-likeness (QED) is 0.922. The van der Waals surface area contributed by atoms with Crippen LogP contribution < -0.4 is 5.73 Å². The van der Waals surface area contributed by atoms with Crippen molar-refractivity contribution >= 4 is 27.7 Å². The fourth-order valence-corrected chi connectivity index (χ4v) is 3.98. The number of hydrogen-bond acceptors (Lipinski definition) is 3. The van der Waals surface area contributed by atoms with Gasteiger partial charge in [0.15, 0.2) is 0 Å². The number of halogens is 2. The lowest BCUT2D eigenvalue weighted by molar-refractivity contribution is 0.235. The van der Waals surface area contributed by atoms with Crippen molar-refractivity contribution in [2.24, 2.45) is 5.73 Å². The molecule has 100 valence electrons. The lowest BCUT2D eigenvalue weighted by Crippen LogP contribution is -2.51. The lowest BCUT2D eigenvalue weighted by Gasteiger charge is -2.36. The fourth-order valence-electron chi connectivity index (χ4n) is 2.23. The highest BCUT2D eigenvalue weighted by atomic mass is 79.9. The standard InChI is InChI=1S/C13H18BrFN2S/c1-17-4-5-18-8-13(17)12(16)7-9-2-3-11(15)10(14)6-9/h2-3,6,12-13H,4-5,7-8,16H2,1H3. The zero-order chi connectivity index (χ0) is 13.1. The summed E-state index contributed by atoms with van der Waals surface area (Å²) in [6.45, 7) is 1.09. The third-order valence-electron chi connectivity index (χ3n) is 3.39. The molecule has 0 radical (unpaired) electrons. The Morgan fingerprint density at radius 2 is 2.39 bits per heavy atom. The highest BCUT2D eigenvalue weighted by Crippen LogP contribution is 2.21. The molecule has 2 nitrogen and oxygen atoms in total. The van der Waals surface area contributed by atoms with Gasteiger partial charge in [0.05, 0.1) is 4.47 Å². The van der Waals surface area contributed by atoms with E-state index in [2.05, 4.69) is 27.9 Å². The van der Waals surface area contributed by atoms with E-state index in [1.807, 2.05) is 23.9 Å². The first-order valence-electron chi connectivity index (χ1n) is 6.05. The van der Waals surface area contributed by atoms with Gasteiger partial charge >= 0.3 is 0 Å². The summed E-state index contributed by atoms with van der Waals surface area (Å²) in [6, 6.07) is 5.64. The average Bonchev–Trinajstić information content (AvgIpc) is 2.34. The normalized spacial score (nSPS) is 23.0. The van der Waals surface area contributed by atoms with E-state index in [4.69, 9.17) is 5.73 Å². The zero-order valence-electron chi connectivity index (χ0n) is 10.4. The van der Waals surface area contributed by atoms with E-state index in [1.165, 1.54) is 11.8 Å². The predicted octanol–water partition coefficient (Wildman–Crippen LogP) is 2.51. The Bertz CT molecular complexity index is 416. The van der Waals surface area contributed by atoms with Gasteiger partial charge < -0.3 is 10.6 Å². The maximum atomic E-state index is 13.2. The van der Waals surface area contributed by atoms with E-state index >= 15 is 0 Å². The molecule has 0 aliphatic carbocycles. The summed E-state index contributed by atoms with van der Waals surface area (Å²) in [5.41, 5.74) is 7.38. The van der Waals surface area contributed by atoms with Gasteiger partial charge in [-0.3, -0.25) is 0 Å². The molecule has 2 rings (SSSR count). The van der Waals surface area contributed by atoms with Crippen LogP contribution in [-0.2, 0) is 6.42 Å². The van der Waals surface area contributed by atoms with Crippen molar-refractivity contribution in [1.29, 1.82) is 0 Å². The molecule has 1 heterocycles. The topological polar surface area (TPSA) is 29.3 Å². The van der Waals surface area contributed by atoms with Gasteiger partial charge in [-0.15, -0.1) is 0 Å². The smallest absolute Gasteiger partial charge is 0.137 e. The molecular weight excluding hydrogens is 315 g/mol. The molecule has 5 heteroatoms. The molecule has 2 unspecified atom stereocenters. The summed E-state index contributed by atoms with van der Waals surface area (Å²) in [5, 5.41) is 0. The van der Waals surface area contributed by atoms with E-state index in [0.29, 0.717) is 10.5 Å². The van der Waals surface area contributed by atoms with Gasteiger partial charge in [-0.25, -0.2) is 4.39 Å². The van der Waals surface area contributed by atoms with Crippen LogP contribution in [-0.4, -0.2) is 42.1 Å². The molecule has 0 amide bonds. The second kappa shape index (κ2) is 6.37. The molecule has 1 aromatic rings. The SMILES string of the molecule is CN1CCSCC1C(N)Cc1ccc(F)c(Br)c1. The minimum atomic E-state index is -0.224. The Hall–Kier alpha value is -0.100. The molecule has 1 aliphatic rings. The first-order chi connectivity index (χ1) is 8.58. The third-order valence-corrected chi connectivity index (χ3v) is 5.05. The maximum Gasteiger partial charge on any atom is 0.137 e. The van der Waals surface area contributed by atoms with Crippen LogP contribution in [0.2, 0.25) is 0 Å². The monoisotopic (exact) mass is 332 g/mol. The minimum absolute atomic E-state index is 0.0974. The van der Waals surface area contributed by atoms with E-state index < -0.39 is 0 Å². The molecule has 0 saturated carbocycles. The van der Waals surface area contributed by atoms with Crippen molar-refractivity contribution in [2.45, 2.75) is 18.5 Å². The van der Waals surface area contributed by atoms with E-state index in [9.17, 15) is 4.39 Å². The molecule has 2 N–H and O–H groups in total. The van der Waals surface area contributed by atoms with Crippen LogP contribution >= 0.6 is 27.7 Å². The molecule has 0 bridgehead atoms. The number of benzene rings is 1. The van der Waals surface area contributed by atoms with Gasteiger partial charge in [-0.1, -0.05) is 6.07 Å². The van der Waals surface area contributed by atoms with Gasteiger partial charge in [-0.2, -0.15) is 11.8 Å². The van der Waals surface area contributed by atoms with E-state index in [0.717, 1.165) is 24.3 Å². The highest BCUT2D eigenvalue weighted by molar-refractivity contribution is 9.10. The molecule has 1 aromatic carbocycles. The van der Waals surface area contributed by atoms with Crippen molar-refractivity contribution in [2.75, 3.05) is 25.1 Å². The number of nitrogens with two attached hydrogens (primary N) is 1. The predicted molar refractivity (Wildman–Crippen MR) is 79.5 cm³/mol. The van der Waals surface area contributed by atoms with Crippen LogP contribution in [0.25, 0.3) is 0 Å². The second-order valence-corrected chi connectivity index (χ2v) is 6.74. The van der Waals surface area contributed by atoms with Crippen LogP contribution in [0.5, 0.6) is 0 Å². The summed E-state index contributed by atoms with van der Waals surface area (Å²) in [6.07, 6.45) is 0.786. The molecule has 18 heavy (non-hydrogen) atoms. The van der Waals surface area contributed by atoms with Crippen molar-refractivity contribution in [3.05, 3.63) is 34.1 Å². The Balaban J connectivity index is 2.01. The molecule has 0 spiro atoms. The Morgan fingerprint density at radius 3 is 3.06 bits per heavy atom. The summed E-state index contributed by atoms with van der Waals surface area (Å²) in [7, 11) is 2.13. The Labute approximate surface area is 120 Å². The van der Waals surface area contributed by atoms with Gasteiger partial charge in [0, 0.05) is 30.1 Å². The Kier molecular flexibility index (Phi) is 5.06. The molecular formula is C13H18BrFN2S. The van der Waals surface area contributed by atoms with Crippen LogP contribution in [0.15, 0.2) is 22.7 Å². The largest absolute Gasteiger partial charge is 0.326 e. The summed E-state index contributed by atoms with van der Waals surface area (Å²) in [5.74, 6) is 2.04. The number of thioether (sulfide) groups is 1. The maximum absolute atomic E-state index is 13.2. The van der Waals surface area contributed by atoms with Gasteiger partial charge in [0.2, 0.25) is 0 Å². The van der Waals surface area contributed by atoms with E-state index in [1.54, 1.807) is 0 Å². The summed E-state index contributed by atoms with van der Waals surface area (Å²) in [4.78, 5) is 2.33. The second-order valence-electron chi connectivity index (χ2n) is 4.74. The van der Waals surface area contributed by atoms with Gasteiger partial charge in [0.25, 0.3) is 0 Å². The minimum Gasteiger partial charge on any atom is -0.326 e. The van der Waals surface area contributed by atoms with Gasteiger partial charge in [-0.05, 0) is 47.1 Å². The average molecular weight is 333 g/mol. The van der Waals surface area contributed by atoms with Crippen LogP contribution in [0.1, 0.15) is 5.56 Å². The van der Waals surface area contributed by atoms with Crippen molar-refractivity contribution < 1.29 is 4.39 Å². The fraction of sp³-hybridized carbons (Fsp3) is 0.538. The van der Waals surface area contributed by atoms with Crippen molar-refractivity contribution in [3.8, 4) is 0 Å². The number of hydrogen-bond donors (Lipinski definition) is 1. The summed E-state index contributed by atoms with van der Waals surface area (Å²) >= 11 is 5.17. The number of rotatable bonds is 3.